The van der Waals surface area contributed by atoms with Gasteiger partial charge in [-0.1, -0.05) is 0 Å². The third kappa shape index (κ3) is 6.77. The molecule has 1 aromatic carbocycles. The zero-order valence-corrected chi connectivity index (χ0v) is 19.1. The van der Waals surface area contributed by atoms with Crippen molar-refractivity contribution in [2.45, 2.75) is 77.9 Å². The van der Waals surface area contributed by atoms with E-state index in [9.17, 15) is 18.0 Å². The van der Waals surface area contributed by atoms with E-state index in [0.29, 0.717) is 13.0 Å². The van der Waals surface area contributed by atoms with E-state index >= 15 is 0 Å². The topological polar surface area (TPSA) is 66.0 Å². The second-order valence-corrected chi connectivity index (χ2v) is 9.47. The Hall–Kier alpha value is -1.94. The summed E-state index contributed by atoms with van der Waals surface area (Å²) < 4.78 is 62.5. The molecule has 1 aliphatic heterocycles. The van der Waals surface area contributed by atoms with Gasteiger partial charge in [-0.05, 0) is 73.1 Å². The van der Waals surface area contributed by atoms with Gasteiger partial charge in [-0.2, -0.15) is 13.2 Å². The SMILES string of the molecule is CC(C)(C)OC(=O)NCCCOc1ccc(C(F)(F)F)cc1B1OC(C)(C)C(C)(C)O1. The third-order valence-electron chi connectivity index (χ3n) is 5.09. The largest absolute Gasteiger partial charge is 0.498 e. The maximum atomic E-state index is 13.3. The summed E-state index contributed by atoms with van der Waals surface area (Å²) in [6.07, 6.45) is -4.61. The number of alkyl halides is 3. The number of benzene rings is 1. The Morgan fingerprint density at radius 2 is 1.68 bits per heavy atom. The van der Waals surface area contributed by atoms with Crippen molar-refractivity contribution in [2.24, 2.45) is 0 Å². The molecule has 1 saturated heterocycles. The summed E-state index contributed by atoms with van der Waals surface area (Å²) >= 11 is 0. The first kappa shape index (κ1) is 25.3. The fourth-order valence-electron chi connectivity index (χ4n) is 2.77. The van der Waals surface area contributed by atoms with Gasteiger partial charge in [-0.15, -0.1) is 0 Å². The van der Waals surface area contributed by atoms with Crippen LogP contribution in [0.1, 0.15) is 60.5 Å². The number of hydrogen-bond acceptors (Lipinski definition) is 5. The fraction of sp³-hybridized carbons (Fsp3) is 0.667. The summed E-state index contributed by atoms with van der Waals surface area (Å²) in [5.74, 6) is 0.240. The predicted molar refractivity (Wildman–Crippen MR) is 112 cm³/mol. The minimum absolute atomic E-state index is 0.174. The van der Waals surface area contributed by atoms with Crippen LogP contribution in [0.2, 0.25) is 0 Å². The van der Waals surface area contributed by atoms with Gasteiger partial charge in [0.05, 0.1) is 23.4 Å². The van der Waals surface area contributed by atoms with Crippen molar-refractivity contribution in [3.05, 3.63) is 23.8 Å². The number of hydrogen-bond donors (Lipinski definition) is 1. The van der Waals surface area contributed by atoms with Crippen molar-refractivity contribution in [3.63, 3.8) is 0 Å². The highest BCUT2D eigenvalue weighted by Gasteiger charge is 2.52. The van der Waals surface area contributed by atoms with Gasteiger partial charge in [-0.25, -0.2) is 4.79 Å². The highest BCUT2D eigenvalue weighted by molar-refractivity contribution is 6.63. The molecule has 174 valence electrons. The van der Waals surface area contributed by atoms with Crippen LogP contribution in [0, 0.1) is 0 Å². The van der Waals surface area contributed by atoms with Crippen molar-refractivity contribution in [1.82, 2.24) is 5.32 Å². The lowest BCUT2D eigenvalue weighted by Crippen LogP contribution is -2.41. The van der Waals surface area contributed by atoms with Crippen LogP contribution in [0.5, 0.6) is 5.75 Å². The standard InChI is InChI=1S/C21H31BF3NO5/c1-18(2,3)29-17(27)26-11-8-12-28-16-10-9-14(21(23,24)25)13-15(16)22-30-19(4,5)20(6,7)31-22/h9-10,13H,8,11-12H2,1-7H3,(H,26,27). The van der Waals surface area contributed by atoms with Gasteiger partial charge in [0.15, 0.2) is 0 Å². The average molecular weight is 445 g/mol. The van der Waals surface area contributed by atoms with Gasteiger partial charge < -0.3 is 24.1 Å². The Balaban J connectivity index is 2.07. The molecule has 1 fully saturated rings. The number of nitrogens with one attached hydrogen (secondary N) is 1. The summed E-state index contributed by atoms with van der Waals surface area (Å²) in [4.78, 5) is 11.7. The molecule has 10 heteroatoms. The number of carbonyl (C=O) groups excluding carboxylic acids is 1. The lowest BCUT2D eigenvalue weighted by Gasteiger charge is -2.32. The smallest absolute Gasteiger partial charge is 0.494 e. The molecular formula is C21H31BF3NO5. The lowest BCUT2D eigenvalue weighted by molar-refractivity contribution is -0.137. The molecule has 0 aliphatic carbocycles. The van der Waals surface area contributed by atoms with E-state index in [-0.39, 0.29) is 17.8 Å². The third-order valence-corrected chi connectivity index (χ3v) is 5.09. The van der Waals surface area contributed by atoms with Gasteiger partial charge in [0.25, 0.3) is 0 Å². The molecule has 0 unspecified atom stereocenters. The first-order chi connectivity index (χ1) is 14.0. The highest BCUT2D eigenvalue weighted by Crippen LogP contribution is 2.38. The van der Waals surface area contributed by atoms with Crippen molar-refractivity contribution in [3.8, 4) is 5.75 Å². The fourth-order valence-corrected chi connectivity index (χ4v) is 2.77. The monoisotopic (exact) mass is 445 g/mol. The number of amides is 1. The van der Waals surface area contributed by atoms with E-state index in [2.05, 4.69) is 5.32 Å². The quantitative estimate of drug-likeness (QED) is 0.523. The van der Waals surface area contributed by atoms with Crippen LogP contribution < -0.4 is 15.5 Å². The first-order valence-corrected chi connectivity index (χ1v) is 10.2. The summed E-state index contributed by atoms with van der Waals surface area (Å²) in [6.45, 7) is 13.0. The van der Waals surface area contributed by atoms with Gasteiger partial charge in [-0.3, -0.25) is 0 Å². The van der Waals surface area contributed by atoms with Crippen LogP contribution in [-0.4, -0.2) is 43.2 Å². The second kappa shape index (κ2) is 8.90. The molecule has 1 aliphatic rings. The Labute approximate surface area is 181 Å². The molecule has 0 atom stereocenters. The first-order valence-electron chi connectivity index (χ1n) is 10.2. The molecule has 1 N–H and O–H groups in total. The van der Waals surface area contributed by atoms with Crippen molar-refractivity contribution >= 4 is 18.7 Å². The van der Waals surface area contributed by atoms with Crippen molar-refractivity contribution in [1.29, 1.82) is 0 Å². The zero-order chi connectivity index (χ0) is 23.7. The molecule has 0 spiro atoms. The normalized spacial score (nSPS) is 18.1. The van der Waals surface area contributed by atoms with E-state index in [1.165, 1.54) is 6.07 Å². The van der Waals surface area contributed by atoms with E-state index < -0.39 is 41.8 Å². The molecule has 0 radical (unpaired) electrons. The Kier molecular flexibility index (Phi) is 7.27. The molecule has 1 aromatic rings. The minimum Gasteiger partial charge on any atom is -0.494 e. The van der Waals surface area contributed by atoms with E-state index in [4.69, 9.17) is 18.8 Å². The zero-order valence-electron chi connectivity index (χ0n) is 19.1. The molecule has 0 saturated carbocycles. The summed E-state index contributed by atoms with van der Waals surface area (Å²) in [5.41, 5.74) is -2.65. The molecule has 6 nitrogen and oxygen atoms in total. The average Bonchev–Trinajstić information content (AvgIpc) is 2.79. The lowest BCUT2D eigenvalue weighted by atomic mass is 9.77. The van der Waals surface area contributed by atoms with Crippen LogP contribution >= 0.6 is 0 Å². The van der Waals surface area contributed by atoms with Gasteiger partial charge in [0.2, 0.25) is 0 Å². The van der Waals surface area contributed by atoms with Crippen molar-refractivity contribution in [2.75, 3.05) is 13.2 Å². The Bertz CT molecular complexity index is 774. The number of ether oxygens (including phenoxy) is 2. The van der Waals surface area contributed by atoms with Gasteiger partial charge in [0.1, 0.15) is 11.4 Å². The number of halogens is 3. The Morgan fingerprint density at radius 3 is 2.19 bits per heavy atom. The molecular weight excluding hydrogens is 414 g/mol. The van der Waals surface area contributed by atoms with E-state index in [1.807, 2.05) is 27.7 Å². The minimum atomic E-state index is -4.51. The summed E-state index contributed by atoms with van der Waals surface area (Å²) in [7, 11) is -0.998. The van der Waals surface area contributed by atoms with E-state index in [1.54, 1.807) is 20.8 Å². The Morgan fingerprint density at radius 1 is 1.10 bits per heavy atom. The van der Waals surface area contributed by atoms with Crippen LogP contribution in [0.4, 0.5) is 18.0 Å². The second-order valence-electron chi connectivity index (χ2n) is 9.47. The van der Waals surface area contributed by atoms with Crippen LogP contribution in [0.25, 0.3) is 0 Å². The molecule has 1 heterocycles. The summed E-state index contributed by atoms with van der Waals surface area (Å²) in [5, 5.41) is 2.61. The van der Waals surface area contributed by atoms with Crippen LogP contribution in [0.15, 0.2) is 18.2 Å². The number of alkyl carbamates (subject to hydrolysis) is 1. The van der Waals surface area contributed by atoms with Crippen molar-refractivity contribution < 1.29 is 36.7 Å². The van der Waals surface area contributed by atoms with Gasteiger partial charge >= 0.3 is 19.4 Å². The highest BCUT2D eigenvalue weighted by atomic mass is 19.4. The number of rotatable bonds is 6. The molecule has 1 amide bonds. The number of carbonyl (C=O) groups is 1. The van der Waals surface area contributed by atoms with E-state index in [0.717, 1.165) is 12.1 Å². The molecule has 31 heavy (non-hydrogen) atoms. The molecule has 0 bridgehead atoms. The van der Waals surface area contributed by atoms with Crippen LogP contribution in [0.3, 0.4) is 0 Å². The van der Waals surface area contributed by atoms with Gasteiger partial charge in [0, 0.05) is 12.0 Å². The van der Waals surface area contributed by atoms with Crippen LogP contribution in [-0.2, 0) is 20.2 Å². The predicted octanol–water partition coefficient (Wildman–Crippen LogP) is 4.30. The molecule has 2 rings (SSSR count). The molecule has 0 aromatic heterocycles. The maximum absolute atomic E-state index is 13.3. The maximum Gasteiger partial charge on any atom is 0.498 e. The summed E-state index contributed by atoms with van der Waals surface area (Å²) in [6, 6.07) is 3.23.